The molecule has 0 unspecified atom stereocenters. The minimum Gasteiger partial charge on any atom is -0.479 e. The first-order valence-electron chi connectivity index (χ1n) is 6.78. The van der Waals surface area contributed by atoms with Gasteiger partial charge >= 0.3 is 11.6 Å². The largest absolute Gasteiger partial charge is 0.479 e. The number of halogens is 1. The van der Waals surface area contributed by atoms with Gasteiger partial charge in [0.1, 0.15) is 16.9 Å². The van der Waals surface area contributed by atoms with Crippen molar-refractivity contribution in [3.8, 4) is 5.75 Å². The number of fused-ring (bicyclic) bond motifs is 1. The van der Waals surface area contributed by atoms with E-state index in [1.165, 1.54) is 12.1 Å². The van der Waals surface area contributed by atoms with Gasteiger partial charge in [-0.2, -0.15) is 0 Å². The summed E-state index contributed by atoms with van der Waals surface area (Å²) in [6, 6.07) is 6.03. The van der Waals surface area contributed by atoms with Gasteiger partial charge in [-0.25, -0.2) is 9.59 Å². The van der Waals surface area contributed by atoms with Crippen molar-refractivity contribution < 1.29 is 18.7 Å². The van der Waals surface area contributed by atoms with Gasteiger partial charge in [-0.3, -0.25) is 0 Å². The van der Waals surface area contributed by atoms with Crippen LogP contribution in [0.25, 0.3) is 11.0 Å². The molecule has 2 rings (SSSR count). The first-order chi connectivity index (χ1) is 10.2. The molecule has 0 N–H and O–H groups in total. The third kappa shape index (κ3) is 4.01. The average Bonchev–Trinajstić information content (AvgIpc) is 2.35. The molecule has 0 saturated carbocycles. The molecular weight excluding hydrogens is 308 g/mol. The van der Waals surface area contributed by atoms with E-state index in [-0.39, 0.29) is 0 Å². The highest BCUT2D eigenvalue weighted by Crippen LogP contribution is 2.26. The van der Waals surface area contributed by atoms with E-state index in [9.17, 15) is 9.59 Å². The number of carbonyl (C=O) groups excluding carboxylic acids is 1. The zero-order valence-corrected chi connectivity index (χ0v) is 13.6. The molecule has 0 fully saturated rings. The third-order valence-corrected chi connectivity index (χ3v) is 3.03. The van der Waals surface area contributed by atoms with Crippen molar-refractivity contribution >= 4 is 28.5 Å². The predicted octanol–water partition coefficient (Wildman–Crippen LogP) is 3.56. The monoisotopic (exact) mass is 324 g/mol. The highest BCUT2D eigenvalue weighted by Gasteiger charge is 2.23. The van der Waals surface area contributed by atoms with E-state index >= 15 is 0 Å². The molecule has 0 bridgehead atoms. The number of hydrogen-bond donors (Lipinski definition) is 0. The first kappa shape index (κ1) is 16.4. The van der Waals surface area contributed by atoms with Gasteiger partial charge in [0, 0.05) is 17.5 Å². The van der Waals surface area contributed by atoms with E-state index in [1.807, 2.05) is 0 Å². The van der Waals surface area contributed by atoms with Crippen LogP contribution in [0.3, 0.4) is 0 Å². The van der Waals surface area contributed by atoms with Crippen molar-refractivity contribution in [1.82, 2.24) is 0 Å². The molecule has 0 aliphatic carbocycles. The Labute approximate surface area is 132 Å². The molecule has 0 spiro atoms. The number of benzene rings is 1. The molecule has 1 aromatic heterocycles. The van der Waals surface area contributed by atoms with Crippen molar-refractivity contribution in [3.63, 3.8) is 0 Å². The van der Waals surface area contributed by atoms with Crippen LogP contribution in [-0.4, -0.2) is 17.7 Å². The van der Waals surface area contributed by atoms with Gasteiger partial charge in [0.25, 0.3) is 0 Å². The Balaban J connectivity index is 2.21. The number of carbonyl (C=O) groups is 1. The maximum absolute atomic E-state index is 11.9. The van der Waals surface area contributed by atoms with Crippen molar-refractivity contribution in [2.24, 2.45) is 0 Å². The summed E-state index contributed by atoms with van der Waals surface area (Å²) in [5.74, 6) is -0.0866. The standard InChI is InChI=1S/C16H17ClO5/c1-9(15(19)22-16(2,3)4)20-10-5-6-11-12(17)8-14(18)21-13(11)7-10/h5-9H,1-4H3/t9-/m1/s1. The fraction of sp³-hybridized carbons (Fsp3) is 0.375. The molecule has 22 heavy (non-hydrogen) atoms. The summed E-state index contributed by atoms with van der Waals surface area (Å²) in [4.78, 5) is 23.2. The van der Waals surface area contributed by atoms with Crippen molar-refractivity contribution in [2.45, 2.75) is 39.4 Å². The molecule has 0 amide bonds. The van der Waals surface area contributed by atoms with Crippen LogP contribution in [0.5, 0.6) is 5.75 Å². The second kappa shape index (κ2) is 6.01. The fourth-order valence-electron chi connectivity index (χ4n) is 1.81. The Morgan fingerprint density at radius 2 is 1.95 bits per heavy atom. The van der Waals surface area contributed by atoms with Crippen LogP contribution in [-0.2, 0) is 9.53 Å². The minimum absolute atomic E-state index is 0.298. The van der Waals surface area contributed by atoms with Crippen LogP contribution in [0.2, 0.25) is 5.02 Å². The molecule has 1 aromatic carbocycles. The van der Waals surface area contributed by atoms with E-state index < -0.39 is 23.3 Å². The van der Waals surface area contributed by atoms with E-state index in [1.54, 1.807) is 39.8 Å². The SMILES string of the molecule is C[C@@H](Oc1ccc2c(Cl)cc(=O)oc2c1)C(=O)OC(C)(C)C. The van der Waals surface area contributed by atoms with Gasteiger partial charge in [0.2, 0.25) is 0 Å². The molecule has 1 atom stereocenters. The van der Waals surface area contributed by atoms with Crippen LogP contribution >= 0.6 is 11.6 Å². The zero-order valence-electron chi connectivity index (χ0n) is 12.8. The van der Waals surface area contributed by atoms with E-state index in [0.717, 1.165) is 0 Å². The molecule has 2 aromatic rings. The Hall–Kier alpha value is -2.01. The Morgan fingerprint density at radius 1 is 1.27 bits per heavy atom. The van der Waals surface area contributed by atoms with E-state index in [2.05, 4.69) is 0 Å². The van der Waals surface area contributed by atoms with Crippen molar-refractivity contribution in [3.05, 3.63) is 39.7 Å². The molecule has 0 saturated heterocycles. The van der Waals surface area contributed by atoms with Crippen molar-refractivity contribution in [2.75, 3.05) is 0 Å². The molecule has 5 nitrogen and oxygen atoms in total. The molecule has 0 aliphatic rings. The quantitative estimate of drug-likeness (QED) is 0.638. The first-order valence-corrected chi connectivity index (χ1v) is 7.16. The molecule has 1 heterocycles. The van der Waals surface area contributed by atoms with Crippen LogP contribution in [0.1, 0.15) is 27.7 Å². The van der Waals surface area contributed by atoms with E-state index in [4.69, 9.17) is 25.5 Å². The summed E-state index contributed by atoms with van der Waals surface area (Å²) in [5, 5.41) is 0.900. The van der Waals surface area contributed by atoms with Gasteiger partial charge in [0.05, 0.1) is 5.02 Å². The maximum Gasteiger partial charge on any atom is 0.347 e. The van der Waals surface area contributed by atoms with Gasteiger partial charge < -0.3 is 13.9 Å². The Bertz CT molecular complexity index is 757. The number of hydrogen-bond acceptors (Lipinski definition) is 5. The molecular formula is C16H17ClO5. The Morgan fingerprint density at radius 3 is 2.59 bits per heavy atom. The van der Waals surface area contributed by atoms with Gasteiger partial charge in [-0.15, -0.1) is 0 Å². The lowest BCUT2D eigenvalue weighted by Crippen LogP contribution is -2.33. The molecule has 0 radical (unpaired) electrons. The minimum atomic E-state index is -0.789. The van der Waals surface area contributed by atoms with Crippen LogP contribution in [0.4, 0.5) is 0 Å². The van der Waals surface area contributed by atoms with E-state index in [0.29, 0.717) is 21.7 Å². The summed E-state index contributed by atoms with van der Waals surface area (Å²) in [6.45, 7) is 6.94. The van der Waals surface area contributed by atoms with Crippen LogP contribution in [0.15, 0.2) is 33.5 Å². The fourth-order valence-corrected chi connectivity index (χ4v) is 2.06. The second-order valence-electron chi connectivity index (χ2n) is 5.86. The average molecular weight is 325 g/mol. The van der Waals surface area contributed by atoms with Crippen LogP contribution < -0.4 is 10.4 Å². The predicted molar refractivity (Wildman–Crippen MR) is 83.4 cm³/mol. The number of esters is 1. The molecule has 118 valence electrons. The lowest BCUT2D eigenvalue weighted by atomic mass is 10.2. The van der Waals surface area contributed by atoms with Crippen molar-refractivity contribution in [1.29, 1.82) is 0 Å². The topological polar surface area (TPSA) is 65.7 Å². The highest BCUT2D eigenvalue weighted by atomic mass is 35.5. The lowest BCUT2D eigenvalue weighted by Gasteiger charge is -2.22. The zero-order chi connectivity index (χ0) is 16.5. The lowest BCUT2D eigenvalue weighted by molar-refractivity contribution is -0.162. The normalized spacial score (nSPS) is 13.0. The Kier molecular flexibility index (Phi) is 4.47. The number of ether oxygens (including phenoxy) is 2. The molecule has 0 aliphatic heterocycles. The number of rotatable bonds is 3. The second-order valence-corrected chi connectivity index (χ2v) is 6.27. The van der Waals surface area contributed by atoms with Crippen LogP contribution in [0, 0.1) is 0 Å². The molecule has 6 heteroatoms. The maximum atomic E-state index is 11.9. The summed E-state index contributed by atoms with van der Waals surface area (Å²) in [5.41, 5.74) is -0.834. The summed E-state index contributed by atoms with van der Waals surface area (Å²) in [7, 11) is 0. The highest BCUT2D eigenvalue weighted by molar-refractivity contribution is 6.35. The third-order valence-electron chi connectivity index (χ3n) is 2.72. The summed E-state index contributed by atoms with van der Waals surface area (Å²) >= 11 is 5.97. The van der Waals surface area contributed by atoms with Gasteiger partial charge in [-0.05, 0) is 39.8 Å². The smallest absolute Gasteiger partial charge is 0.347 e. The summed E-state index contributed by atoms with van der Waals surface area (Å²) < 4.78 is 15.8. The summed E-state index contributed by atoms with van der Waals surface area (Å²) in [6.07, 6.45) is -0.789. The van der Waals surface area contributed by atoms with Gasteiger partial charge in [0.15, 0.2) is 6.10 Å². The van der Waals surface area contributed by atoms with Gasteiger partial charge in [-0.1, -0.05) is 11.6 Å².